The molecule has 0 radical (unpaired) electrons. The molecule has 2 N–H and O–H groups in total. The molecule has 1 aliphatic rings. The van der Waals surface area contributed by atoms with Gasteiger partial charge in [-0.05, 0) is 17.5 Å². The summed E-state index contributed by atoms with van der Waals surface area (Å²) in [6.07, 6.45) is 0.00925. The standard InChI is InChI=1S/C21H27N3O2/c25-21(26)22-15-20-11-12-23(16-18-7-3-1-4-8-18)13-14-24(20)17-19-9-5-2-6-10-19/h1-10,20,22H,11-17H2,(H,25,26). The summed E-state index contributed by atoms with van der Waals surface area (Å²) in [5.41, 5.74) is 2.59. The molecule has 1 saturated heterocycles. The molecule has 1 aliphatic heterocycles. The van der Waals surface area contributed by atoms with Gasteiger partial charge in [-0.25, -0.2) is 4.79 Å². The van der Waals surface area contributed by atoms with E-state index in [0.717, 1.165) is 39.1 Å². The molecule has 2 aromatic carbocycles. The Hall–Kier alpha value is -2.37. The first-order valence-electron chi connectivity index (χ1n) is 9.22. The largest absolute Gasteiger partial charge is 0.465 e. The number of nitrogens with zero attached hydrogens (tertiary/aromatic N) is 2. The van der Waals surface area contributed by atoms with Crippen LogP contribution in [0.1, 0.15) is 17.5 Å². The minimum Gasteiger partial charge on any atom is -0.465 e. The highest BCUT2D eigenvalue weighted by molar-refractivity contribution is 5.64. The van der Waals surface area contributed by atoms with E-state index < -0.39 is 6.09 Å². The zero-order valence-corrected chi connectivity index (χ0v) is 15.1. The molecule has 0 spiro atoms. The first-order chi connectivity index (χ1) is 12.7. The zero-order chi connectivity index (χ0) is 18.2. The molecule has 0 saturated carbocycles. The predicted octanol–water partition coefficient (Wildman–Crippen LogP) is 3.03. The smallest absolute Gasteiger partial charge is 0.404 e. The summed E-state index contributed by atoms with van der Waals surface area (Å²) < 4.78 is 0. The van der Waals surface area contributed by atoms with Gasteiger partial charge in [-0.15, -0.1) is 0 Å². The molecule has 1 atom stereocenters. The predicted molar refractivity (Wildman–Crippen MR) is 103 cm³/mol. The van der Waals surface area contributed by atoms with Crippen LogP contribution in [0.25, 0.3) is 0 Å². The Kier molecular flexibility index (Phi) is 6.63. The molecule has 1 unspecified atom stereocenters. The highest BCUT2D eigenvalue weighted by atomic mass is 16.4. The van der Waals surface area contributed by atoms with E-state index in [4.69, 9.17) is 5.11 Å². The van der Waals surface area contributed by atoms with E-state index in [-0.39, 0.29) is 6.04 Å². The van der Waals surface area contributed by atoms with Gasteiger partial charge in [0.05, 0.1) is 0 Å². The lowest BCUT2D eigenvalue weighted by molar-refractivity contribution is 0.171. The maximum Gasteiger partial charge on any atom is 0.404 e. The number of nitrogens with one attached hydrogen (secondary N) is 1. The van der Waals surface area contributed by atoms with E-state index in [1.54, 1.807) is 0 Å². The van der Waals surface area contributed by atoms with Crippen LogP contribution in [0.3, 0.4) is 0 Å². The second-order valence-electron chi connectivity index (χ2n) is 6.85. The molecule has 5 nitrogen and oxygen atoms in total. The van der Waals surface area contributed by atoms with Crippen molar-refractivity contribution < 1.29 is 9.90 Å². The maximum atomic E-state index is 11.0. The van der Waals surface area contributed by atoms with Crippen LogP contribution in [0, 0.1) is 0 Å². The fourth-order valence-electron chi connectivity index (χ4n) is 3.54. The SMILES string of the molecule is O=C(O)NCC1CCN(Cc2ccccc2)CCN1Cc1ccccc1. The van der Waals surface area contributed by atoms with Gasteiger partial charge in [0.2, 0.25) is 0 Å². The number of benzene rings is 2. The van der Waals surface area contributed by atoms with E-state index in [1.807, 2.05) is 12.1 Å². The summed E-state index contributed by atoms with van der Waals surface area (Å²) in [7, 11) is 0. The number of amides is 1. The first-order valence-corrected chi connectivity index (χ1v) is 9.22. The summed E-state index contributed by atoms with van der Waals surface area (Å²) in [6, 6.07) is 21.1. The Morgan fingerprint density at radius 2 is 1.54 bits per heavy atom. The number of hydrogen-bond acceptors (Lipinski definition) is 3. The third-order valence-corrected chi connectivity index (χ3v) is 4.96. The molecular formula is C21H27N3O2. The van der Waals surface area contributed by atoms with Crippen LogP contribution >= 0.6 is 0 Å². The second kappa shape index (κ2) is 9.36. The molecule has 138 valence electrons. The molecule has 5 heteroatoms. The minimum absolute atomic E-state index is 0.215. The summed E-state index contributed by atoms with van der Waals surface area (Å²) in [4.78, 5) is 15.8. The average Bonchev–Trinajstić information content (AvgIpc) is 2.84. The quantitative estimate of drug-likeness (QED) is 0.838. The first kappa shape index (κ1) is 18.4. The fraction of sp³-hybridized carbons (Fsp3) is 0.381. The molecular weight excluding hydrogens is 326 g/mol. The van der Waals surface area contributed by atoms with Gasteiger partial charge in [-0.2, -0.15) is 0 Å². The Bertz CT molecular complexity index is 678. The fourth-order valence-corrected chi connectivity index (χ4v) is 3.54. The van der Waals surface area contributed by atoms with Crippen molar-refractivity contribution in [3.63, 3.8) is 0 Å². The van der Waals surface area contributed by atoms with E-state index in [0.29, 0.717) is 6.54 Å². The number of hydrogen-bond donors (Lipinski definition) is 2. The van der Waals surface area contributed by atoms with Crippen LogP contribution in [-0.2, 0) is 13.1 Å². The van der Waals surface area contributed by atoms with Gasteiger partial charge in [0.15, 0.2) is 0 Å². The Labute approximate surface area is 155 Å². The number of rotatable bonds is 6. The number of carbonyl (C=O) groups is 1. The van der Waals surface area contributed by atoms with E-state index >= 15 is 0 Å². The molecule has 2 aromatic rings. The lowest BCUT2D eigenvalue weighted by atomic mass is 10.1. The summed E-state index contributed by atoms with van der Waals surface area (Å²) >= 11 is 0. The highest BCUT2D eigenvalue weighted by Gasteiger charge is 2.24. The molecule has 0 bridgehead atoms. The highest BCUT2D eigenvalue weighted by Crippen LogP contribution is 2.16. The van der Waals surface area contributed by atoms with Crippen molar-refractivity contribution in [1.29, 1.82) is 0 Å². The lowest BCUT2D eigenvalue weighted by Crippen LogP contribution is -2.43. The maximum absolute atomic E-state index is 11.0. The van der Waals surface area contributed by atoms with Crippen LogP contribution < -0.4 is 5.32 Å². The third-order valence-electron chi connectivity index (χ3n) is 4.96. The van der Waals surface area contributed by atoms with Crippen molar-refractivity contribution in [2.75, 3.05) is 26.2 Å². The van der Waals surface area contributed by atoms with Crippen LogP contribution in [0.15, 0.2) is 60.7 Å². The van der Waals surface area contributed by atoms with Crippen molar-refractivity contribution in [3.05, 3.63) is 71.8 Å². The van der Waals surface area contributed by atoms with Crippen molar-refractivity contribution in [1.82, 2.24) is 15.1 Å². The van der Waals surface area contributed by atoms with Crippen LogP contribution in [0.2, 0.25) is 0 Å². The third kappa shape index (κ3) is 5.58. The van der Waals surface area contributed by atoms with Gasteiger partial charge < -0.3 is 10.4 Å². The lowest BCUT2D eigenvalue weighted by Gasteiger charge is -2.29. The monoisotopic (exact) mass is 353 g/mol. The van der Waals surface area contributed by atoms with Gasteiger partial charge in [0.25, 0.3) is 0 Å². The summed E-state index contributed by atoms with van der Waals surface area (Å²) in [5.74, 6) is 0. The van der Waals surface area contributed by atoms with Crippen molar-refractivity contribution >= 4 is 6.09 Å². The minimum atomic E-state index is -0.949. The van der Waals surface area contributed by atoms with E-state index in [1.165, 1.54) is 11.1 Å². The summed E-state index contributed by atoms with van der Waals surface area (Å²) in [5, 5.41) is 11.6. The molecule has 3 rings (SSSR count). The Morgan fingerprint density at radius 1 is 0.923 bits per heavy atom. The van der Waals surface area contributed by atoms with Gasteiger partial charge in [-0.1, -0.05) is 60.7 Å². The topological polar surface area (TPSA) is 55.8 Å². The van der Waals surface area contributed by atoms with Crippen molar-refractivity contribution in [2.24, 2.45) is 0 Å². The van der Waals surface area contributed by atoms with Crippen LogP contribution in [-0.4, -0.2) is 53.2 Å². The zero-order valence-electron chi connectivity index (χ0n) is 15.1. The average molecular weight is 353 g/mol. The molecule has 1 heterocycles. The van der Waals surface area contributed by atoms with Crippen molar-refractivity contribution in [2.45, 2.75) is 25.6 Å². The molecule has 1 fully saturated rings. The summed E-state index contributed by atoms with van der Waals surface area (Å²) in [6.45, 7) is 5.18. The Balaban J connectivity index is 1.65. The van der Waals surface area contributed by atoms with E-state index in [9.17, 15) is 4.79 Å². The molecule has 1 amide bonds. The van der Waals surface area contributed by atoms with E-state index in [2.05, 4.69) is 63.6 Å². The van der Waals surface area contributed by atoms with Gasteiger partial charge in [0, 0.05) is 45.3 Å². The van der Waals surface area contributed by atoms with Gasteiger partial charge in [-0.3, -0.25) is 9.80 Å². The molecule has 0 aliphatic carbocycles. The number of carboxylic acid groups (broad SMARTS) is 1. The second-order valence-corrected chi connectivity index (χ2v) is 6.85. The molecule has 26 heavy (non-hydrogen) atoms. The van der Waals surface area contributed by atoms with Crippen LogP contribution in [0.4, 0.5) is 4.79 Å². The van der Waals surface area contributed by atoms with Crippen LogP contribution in [0.5, 0.6) is 0 Å². The normalized spacial score (nSPS) is 19.0. The van der Waals surface area contributed by atoms with Crippen molar-refractivity contribution in [3.8, 4) is 0 Å². The van der Waals surface area contributed by atoms with Gasteiger partial charge in [0.1, 0.15) is 0 Å². The molecule has 0 aromatic heterocycles. The van der Waals surface area contributed by atoms with Gasteiger partial charge >= 0.3 is 6.09 Å². The Morgan fingerprint density at radius 3 is 2.15 bits per heavy atom.